The molecule has 0 bridgehead atoms. The Bertz CT molecular complexity index is 331. The molecule has 0 spiro atoms. The molecule has 0 fully saturated rings. The Labute approximate surface area is 105 Å². The molecule has 2 radical (unpaired) electrons. The van der Waals surface area contributed by atoms with E-state index >= 15 is 0 Å². The average Bonchev–Trinajstić information content (AvgIpc) is 2.46. The zero-order valence-corrected chi connectivity index (χ0v) is 11.5. The molecule has 1 aliphatic carbocycles. The minimum Gasteiger partial charge on any atom is -0.0797 e. The Kier molecular flexibility index (Phi) is 3.99. The molecule has 2 rings (SSSR count). The van der Waals surface area contributed by atoms with Crippen molar-refractivity contribution >= 4 is 15.6 Å². The molecule has 1 aromatic rings. The quantitative estimate of drug-likeness (QED) is 0.545. The second-order valence-corrected chi connectivity index (χ2v) is 4.46. The predicted molar refractivity (Wildman–Crippen MR) is 54.6 cm³/mol. The third kappa shape index (κ3) is 2.16. The monoisotopic (exact) mass is 195 g/mol. The maximum atomic E-state index is 2.32. The maximum absolute atomic E-state index is 2.32. The molecule has 1 aliphatic rings. The van der Waals surface area contributed by atoms with E-state index in [0.717, 1.165) is 9.52 Å². The molecule has 0 amide bonds. The molecule has 1 aromatic carbocycles. The molecule has 0 N–H and O–H groups in total. The Morgan fingerprint density at radius 2 is 2.08 bits per heavy atom. The minimum atomic E-state index is 0. The molecule has 13 heavy (non-hydrogen) atoms. The number of rotatable bonds is 1. The summed E-state index contributed by atoms with van der Waals surface area (Å²) in [6.45, 7) is 4.43. The van der Waals surface area contributed by atoms with Crippen LogP contribution in [0, 0.1) is 6.92 Å². The number of allylic oxidation sites excluding steroid dienone is 1. The van der Waals surface area contributed by atoms with Crippen molar-refractivity contribution in [3.63, 3.8) is 0 Å². The van der Waals surface area contributed by atoms with Crippen LogP contribution in [0.15, 0.2) is 24.3 Å². The van der Waals surface area contributed by atoms with Crippen LogP contribution >= 0.6 is 0 Å². The van der Waals surface area contributed by atoms with E-state index in [1.807, 2.05) is 0 Å². The Morgan fingerprint density at radius 3 is 2.77 bits per heavy atom. The molecule has 1 unspecified atom stereocenters. The van der Waals surface area contributed by atoms with E-state index in [4.69, 9.17) is 0 Å². The summed E-state index contributed by atoms with van der Waals surface area (Å²) >= 11 is 0. The normalized spacial score (nSPS) is 18.2. The number of fused-ring (bicyclic) bond motifs is 1. The van der Waals surface area contributed by atoms with Gasteiger partial charge in [-0.15, -0.1) is 0 Å². The van der Waals surface area contributed by atoms with E-state index < -0.39 is 0 Å². The van der Waals surface area contributed by atoms with Crippen molar-refractivity contribution in [1.82, 2.24) is 0 Å². The van der Waals surface area contributed by atoms with Gasteiger partial charge in [0.25, 0.3) is 0 Å². The zero-order chi connectivity index (χ0) is 8.55. The van der Waals surface area contributed by atoms with E-state index in [9.17, 15) is 0 Å². The third-order valence-corrected chi connectivity index (χ3v) is 3.48. The first kappa shape index (κ1) is 11.3. The minimum absolute atomic E-state index is 0. The molecule has 0 heterocycles. The number of hydrogen-bond donors (Lipinski definition) is 0. The van der Waals surface area contributed by atoms with E-state index in [0.29, 0.717) is 5.54 Å². The van der Waals surface area contributed by atoms with E-state index in [1.54, 1.807) is 0 Å². The van der Waals surface area contributed by atoms with Crippen LogP contribution in [-0.4, -0.2) is 9.52 Å². The van der Waals surface area contributed by atoms with Gasteiger partial charge in [0.1, 0.15) is 0 Å². The van der Waals surface area contributed by atoms with Crippen LogP contribution in [0.5, 0.6) is 0 Å². The van der Waals surface area contributed by atoms with Crippen LogP contribution in [0.2, 0.25) is 6.55 Å². The van der Waals surface area contributed by atoms with E-state index in [1.165, 1.54) is 16.7 Å². The molecular formula is C11H12NaSi+. The van der Waals surface area contributed by atoms with Crippen molar-refractivity contribution in [2.75, 3.05) is 0 Å². The second kappa shape index (κ2) is 4.60. The summed E-state index contributed by atoms with van der Waals surface area (Å²) in [5.41, 5.74) is 5.01. The van der Waals surface area contributed by atoms with Gasteiger partial charge in [0.05, 0.1) is 0 Å². The fraction of sp³-hybridized carbons (Fsp3) is 0.273. The standard InChI is InChI=1S/C11H12Si.Na/c1-8-3-4-9-5-6-11(12-2)10(9)7-8;/h3-7,11H,1-2H3;/q;+1. The van der Waals surface area contributed by atoms with Gasteiger partial charge in [-0.2, -0.15) is 0 Å². The SMILES string of the molecule is C[Si]C1C=Cc2ccc(C)cc21.[Na+]. The summed E-state index contributed by atoms with van der Waals surface area (Å²) in [7, 11) is 0.988. The zero-order valence-electron chi connectivity index (χ0n) is 8.46. The van der Waals surface area contributed by atoms with Crippen LogP contribution in [0.3, 0.4) is 0 Å². The average molecular weight is 195 g/mol. The van der Waals surface area contributed by atoms with Crippen LogP contribution < -0.4 is 29.6 Å². The molecule has 2 heteroatoms. The number of benzene rings is 1. The molecule has 60 valence electrons. The van der Waals surface area contributed by atoms with Gasteiger partial charge in [0.2, 0.25) is 0 Å². The molecule has 0 aliphatic heterocycles. The second-order valence-electron chi connectivity index (χ2n) is 3.26. The van der Waals surface area contributed by atoms with Gasteiger partial charge in [0.15, 0.2) is 0 Å². The van der Waals surface area contributed by atoms with Crippen molar-refractivity contribution in [3.05, 3.63) is 41.0 Å². The molecule has 0 aromatic heterocycles. The van der Waals surface area contributed by atoms with E-state index in [2.05, 4.69) is 43.8 Å². The van der Waals surface area contributed by atoms with Crippen molar-refractivity contribution in [2.45, 2.75) is 19.0 Å². The first-order chi connectivity index (χ1) is 5.81. The fourth-order valence-electron chi connectivity index (χ4n) is 1.67. The molecule has 0 saturated heterocycles. The predicted octanol–water partition coefficient (Wildman–Crippen LogP) is -0.181. The van der Waals surface area contributed by atoms with Gasteiger partial charge in [0, 0.05) is 9.52 Å². The first-order valence-corrected chi connectivity index (χ1v) is 5.85. The van der Waals surface area contributed by atoms with Crippen LogP contribution in [0.1, 0.15) is 22.2 Å². The van der Waals surface area contributed by atoms with Gasteiger partial charge in [-0.3, -0.25) is 0 Å². The first-order valence-electron chi connectivity index (χ1n) is 4.27. The molecular weight excluding hydrogens is 183 g/mol. The largest absolute Gasteiger partial charge is 1.00 e. The van der Waals surface area contributed by atoms with Crippen molar-refractivity contribution in [3.8, 4) is 0 Å². The molecule has 0 nitrogen and oxygen atoms in total. The summed E-state index contributed by atoms with van der Waals surface area (Å²) in [5.74, 6) is 0. The summed E-state index contributed by atoms with van der Waals surface area (Å²) in [4.78, 5) is 0. The topological polar surface area (TPSA) is 0 Å². The smallest absolute Gasteiger partial charge is 0.0797 e. The summed E-state index contributed by atoms with van der Waals surface area (Å²) < 4.78 is 0. The number of hydrogen-bond acceptors (Lipinski definition) is 0. The van der Waals surface area contributed by atoms with Crippen molar-refractivity contribution in [2.24, 2.45) is 0 Å². The van der Waals surface area contributed by atoms with Crippen molar-refractivity contribution < 1.29 is 29.6 Å². The fourth-order valence-corrected chi connectivity index (χ4v) is 2.52. The Balaban J connectivity index is 0.000000845. The number of aryl methyl sites for hydroxylation is 1. The Hall–Kier alpha value is 0.177. The molecule has 1 atom stereocenters. The molecule has 0 saturated carbocycles. The van der Waals surface area contributed by atoms with Crippen LogP contribution in [0.25, 0.3) is 6.08 Å². The Morgan fingerprint density at radius 1 is 1.31 bits per heavy atom. The van der Waals surface area contributed by atoms with Gasteiger partial charge in [-0.1, -0.05) is 42.5 Å². The third-order valence-electron chi connectivity index (χ3n) is 2.36. The van der Waals surface area contributed by atoms with Gasteiger partial charge in [-0.25, -0.2) is 0 Å². The summed E-state index contributed by atoms with van der Waals surface area (Å²) in [5, 5.41) is 0. The van der Waals surface area contributed by atoms with Crippen LogP contribution in [-0.2, 0) is 0 Å². The van der Waals surface area contributed by atoms with E-state index in [-0.39, 0.29) is 29.6 Å². The van der Waals surface area contributed by atoms with Gasteiger partial charge >= 0.3 is 29.6 Å². The van der Waals surface area contributed by atoms with Crippen LogP contribution in [0.4, 0.5) is 0 Å². The summed E-state index contributed by atoms with van der Waals surface area (Å²) in [6.07, 6.45) is 4.57. The summed E-state index contributed by atoms with van der Waals surface area (Å²) in [6, 6.07) is 6.72. The maximum Gasteiger partial charge on any atom is 1.00 e. The van der Waals surface area contributed by atoms with Crippen molar-refractivity contribution in [1.29, 1.82) is 0 Å². The van der Waals surface area contributed by atoms with Gasteiger partial charge in [-0.05, 0) is 23.6 Å². The van der Waals surface area contributed by atoms with Gasteiger partial charge < -0.3 is 0 Å².